The van der Waals surface area contributed by atoms with Crippen LogP contribution in [0.5, 0.6) is 0 Å². The van der Waals surface area contributed by atoms with Crippen LogP contribution in [0, 0.1) is 5.92 Å². The lowest BCUT2D eigenvalue weighted by Crippen LogP contribution is -2.15. The van der Waals surface area contributed by atoms with Crippen molar-refractivity contribution in [1.29, 1.82) is 0 Å². The smallest absolute Gasteiger partial charge is 0.129 e. The van der Waals surface area contributed by atoms with Crippen LogP contribution in [0.4, 0.5) is 5.82 Å². The van der Waals surface area contributed by atoms with Crippen LogP contribution in [0.3, 0.4) is 0 Å². The van der Waals surface area contributed by atoms with Gasteiger partial charge in [-0.3, -0.25) is 0 Å². The van der Waals surface area contributed by atoms with E-state index in [-0.39, 0.29) is 5.41 Å². The van der Waals surface area contributed by atoms with Crippen LogP contribution in [-0.4, -0.2) is 16.5 Å². The van der Waals surface area contributed by atoms with Gasteiger partial charge in [-0.15, -0.1) is 0 Å². The molecular formula is C12H19N3. The van der Waals surface area contributed by atoms with Gasteiger partial charge in [0.1, 0.15) is 12.1 Å². The topological polar surface area (TPSA) is 37.8 Å². The first-order chi connectivity index (χ1) is 7.05. The van der Waals surface area contributed by atoms with Gasteiger partial charge in [-0.2, -0.15) is 0 Å². The van der Waals surface area contributed by atoms with Gasteiger partial charge in [0.15, 0.2) is 0 Å². The number of rotatable bonds is 3. The highest BCUT2D eigenvalue weighted by molar-refractivity contribution is 5.36. The summed E-state index contributed by atoms with van der Waals surface area (Å²) in [5, 5.41) is 3.37. The van der Waals surface area contributed by atoms with Gasteiger partial charge < -0.3 is 5.32 Å². The lowest BCUT2D eigenvalue weighted by molar-refractivity contribution is 0.567. The van der Waals surface area contributed by atoms with E-state index in [2.05, 4.69) is 42.1 Å². The van der Waals surface area contributed by atoms with Crippen LogP contribution < -0.4 is 5.32 Å². The molecule has 0 aliphatic heterocycles. The lowest BCUT2D eigenvalue weighted by Gasteiger charge is -2.17. The van der Waals surface area contributed by atoms with Crippen molar-refractivity contribution in [2.45, 2.75) is 39.0 Å². The van der Waals surface area contributed by atoms with E-state index in [1.165, 1.54) is 12.8 Å². The highest BCUT2D eigenvalue weighted by atomic mass is 15.0. The second-order valence-corrected chi connectivity index (χ2v) is 5.36. The third kappa shape index (κ3) is 2.91. The van der Waals surface area contributed by atoms with Gasteiger partial charge in [-0.25, -0.2) is 9.97 Å². The van der Waals surface area contributed by atoms with Crippen molar-refractivity contribution in [2.24, 2.45) is 5.92 Å². The van der Waals surface area contributed by atoms with Gasteiger partial charge in [-0.05, 0) is 18.8 Å². The van der Waals surface area contributed by atoms with E-state index >= 15 is 0 Å². The molecule has 0 aromatic carbocycles. The van der Waals surface area contributed by atoms with Crippen LogP contribution in [0.15, 0.2) is 12.4 Å². The third-order valence-corrected chi connectivity index (χ3v) is 2.70. The van der Waals surface area contributed by atoms with Crippen molar-refractivity contribution in [3.05, 3.63) is 18.1 Å². The molecule has 3 nitrogen and oxygen atoms in total. The number of aromatic nitrogens is 2. The molecule has 0 radical (unpaired) electrons. The van der Waals surface area contributed by atoms with E-state index in [0.29, 0.717) is 0 Å². The summed E-state index contributed by atoms with van der Waals surface area (Å²) in [6.07, 6.45) is 4.38. The lowest BCUT2D eigenvalue weighted by atomic mass is 9.92. The van der Waals surface area contributed by atoms with E-state index in [1.807, 2.05) is 0 Å². The molecule has 1 heterocycles. The molecule has 82 valence electrons. The van der Waals surface area contributed by atoms with E-state index in [0.717, 1.165) is 24.0 Å². The average molecular weight is 205 g/mol. The van der Waals surface area contributed by atoms with E-state index in [9.17, 15) is 0 Å². The highest BCUT2D eigenvalue weighted by Gasteiger charge is 2.21. The molecule has 1 N–H and O–H groups in total. The Hall–Kier alpha value is -1.12. The summed E-state index contributed by atoms with van der Waals surface area (Å²) in [7, 11) is 0. The Bertz CT molecular complexity index is 337. The summed E-state index contributed by atoms with van der Waals surface area (Å²) in [5.74, 6) is 1.83. The van der Waals surface area contributed by atoms with Crippen molar-refractivity contribution in [3.8, 4) is 0 Å². The predicted molar refractivity (Wildman–Crippen MR) is 61.9 cm³/mol. The molecule has 2 rings (SSSR count). The molecule has 1 aromatic heterocycles. The molecule has 3 heteroatoms. The molecule has 0 unspecified atom stereocenters. The van der Waals surface area contributed by atoms with Crippen LogP contribution in [0.2, 0.25) is 0 Å². The summed E-state index contributed by atoms with van der Waals surface area (Å²) < 4.78 is 0. The summed E-state index contributed by atoms with van der Waals surface area (Å²) in [5.41, 5.74) is 1.19. The normalized spacial score (nSPS) is 16.5. The van der Waals surface area contributed by atoms with Crippen molar-refractivity contribution in [3.63, 3.8) is 0 Å². The van der Waals surface area contributed by atoms with E-state index in [4.69, 9.17) is 0 Å². The average Bonchev–Trinajstić information content (AvgIpc) is 2.97. The Morgan fingerprint density at radius 1 is 1.33 bits per heavy atom. The SMILES string of the molecule is CC(C)(C)c1cc(NCC2CC2)ncn1. The maximum absolute atomic E-state index is 4.30. The Kier molecular flexibility index (Phi) is 2.63. The van der Waals surface area contributed by atoms with Gasteiger partial charge >= 0.3 is 0 Å². The van der Waals surface area contributed by atoms with Gasteiger partial charge in [-0.1, -0.05) is 20.8 Å². The minimum absolute atomic E-state index is 0.0962. The quantitative estimate of drug-likeness (QED) is 0.824. The van der Waals surface area contributed by atoms with Crippen LogP contribution in [0.25, 0.3) is 0 Å². The van der Waals surface area contributed by atoms with E-state index in [1.54, 1.807) is 6.33 Å². The van der Waals surface area contributed by atoms with Crippen molar-refractivity contribution in [1.82, 2.24) is 9.97 Å². The van der Waals surface area contributed by atoms with Crippen LogP contribution in [0.1, 0.15) is 39.3 Å². The fourth-order valence-corrected chi connectivity index (χ4v) is 1.44. The Morgan fingerprint density at radius 3 is 2.67 bits per heavy atom. The standard InChI is InChI=1S/C12H19N3/c1-12(2,3)10-6-11(15-8-14-10)13-7-9-4-5-9/h6,8-9H,4-5,7H2,1-3H3,(H,13,14,15). The van der Waals surface area contributed by atoms with Crippen LogP contribution >= 0.6 is 0 Å². The number of nitrogens with zero attached hydrogens (tertiary/aromatic N) is 2. The van der Waals surface area contributed by atoms with Gasteiger partial charge in [0.25, 0.3) is 0 Å². The van der Waals surface area contributed by atoms with Crippen molar-refractivity contribution >= 4 is 5.82 Å². The Balaban J connectivity index is 2.04. The third-order valence-electron chi connectivity index (χ3n) is 2.70. The maximum Gasteiger partial charge on any atom is 0.129 e. The molecule has 1 saturated carbocycles. The van der Waals surface area contributed by atoms with Gasteiger partial charge in [0, 0.05) is 18.0 Å². The maximum atomic E-state index is 4.30. The molecule has 0 atom stereocenters. The number of hydrogen-bond acceptors (Lipinski definition) is 3. The summed E-state index contributed by atoms with van der Waals surface area (Å²) >= 11 is 0. The first kappa shape index (κ1) is 10.4. The molecule has 1 fully saturated rings. The molecule has 0 spiro atoms. The summed E-state index contributed by atoms with van der Waals surface area (Å²) in [6, 6.07) is 2.06. The monoisotopic (exact) mass is 205 g/mol. The second-order valence-electron chi connectivity index (χ2n) is 5.36. The molecule has 15 heavy (non-hydrogen) atoms. The van der Waals surface area contributed by atoms with E-state index < -0.39 is 0 Å². The van der Waals surface area contributed by atoms with Crippen LogP contribution in [-0.2, 0) is 5.41 Å². The molecular weight excluding hydrogens is 186 g/mol. The largest absolute Gasteiger partial charge is 0.370 e. The zero-order valence-electron chi connectivity index (χ0n) is 9.75. The minimum atomic E-state index is 0.0962. The Labute approximate surface area is 91.3 Å². The molecule has 0 amide bonds. The van der Waals surface area contributed by atoms with Crippen molar-refractivity contribution in [2.75, 3.05) is 11.9 Å². The minimum Gasteiger partial charge on any atom is -0.370 e. The number of hydrogen-bond donors (Lipinski definition) is 1. The fraction of sp³-hybridized carbons (Fsp3) is 0.667. The first-order valence-electron chi connectivity index (χ1n) is 5.62. The predicted octanol–water partition coefficient (Wildman–Crippen LogP) is 2.60. The fourth-order valence-electron chi connectivity index (χ4n) is 1.44. The zero-order chi connectivity index (χ0) is 10.9. The number of anilines is 1. The number of nitrogens with one attached hydrogen (secondary N) is 1. The van der Waals surface area contributed by atoms with Gasteiger partial charge in [0.05, 0.1) is 5.69 Å². The Morgan fingerprint density at radius 2 is 2.07 bits per heavy atom. The molecule has 0 bridgehead atoms. The summed E-state index contributed by atoms with van der Waals surface area (Å²) in [4.78, 5) is 8.53. The molecule has 0 saturated heterocycles. The molecule has 1 aliphatic carbocycles. The first-order valence-corrected chi connectivity index (χ1v) is 5.62. The summed E-state index contributed by atoms with van der Waals surface area (Å²) in [6.45, 7) is 7.56. The van der Waals surface area contributed by atoms with Gasteiger partial charge in [0.2, 0.25) is 0 Å². The zero-order valence-corrected chi connectivity index (χ0v) is 9.75. The van der Waals surface area contributed by atoms with Crippen molar-refractivity contribution < 1.29 is 0 Å². The second kappa shape index (κ2) is 3.80. The molecule has 1 aromatic rings. The molecule has 1 aliphatic rings. The highest BCUT2D eigenvalue weighted by Crippen LogP contribution is 2.29.